The van der Waals surface area contributed by atoms with Gasteiger partial charge in [-0.1, -0.05) is 36.4 Å². The van der Waals surface area contributed by atoms with Gasteiger partial charge >= 0.3 is 6.03 Å². The fourth-order valence-electron chi connectivity index (χ4n) is 5.14. The van der Waals surface area contributed by atoms with E-state index in [9.17, 15) is 19.3 Å². The molecule has 0 saturated carbocycles. The number of aromatic nitrogens is 4. The number of ether oxygens (including phenoxy) is 1. The van der Waals surface area contributed by atoms with E-state index in [-0.39, 0.29) is 11.7 Å². The van der Waals surface area contributed by atoms with Crippen LogP contribution in [0.3, 0.4) is 0 Å². The Morgan fingerprint density at radius 1 is 1.02 bits per heavy atom. The quantitative estimate of drug-likeness (QED) is 0.176. The molecule has 6 rings (SSSR count). The average Bonchev–Trinajstić information content (AvgIpc) is 3.46. The fraction of sp³-hybridized carbons (Fsp3) is 0.226. The van der Waals surface area contributed by atoms with E-state index in [1.54, 1.807) is 42.6 Å². The second-order valence-corrected chi connectivity index (χ2v) is 10.4. The number of urea groups is 1. The van der Waals surface area contributed by atoms with Gasteiger partial charge in [0, 0.05) is 56.1 Å². The standard InChI is InChI=1S/C31H30FN9O4/c1-45-26-8-3-2-5-22(26)18-33-28-27-29(40(20-34-27)19-21-9-11-25(12-10-21)41(43)44)37-30(36-28)38-13-15-39(16-14-38)31(42)35-24-7-4-6-23(32)17-24/h2-12,17,20H,13-16,18-19H2,1H3,(H,35,42)(H,33,36,37). The molecule has 0 bridgehead atoms. The Bertz CT molecular complexity index is 1840. The zero-order valence-electron chi connectivity index (χ0n) is 24.4. The third-order valence-corrected chi connectivity index (χ3v) is 7.52. The van der Waals surface area contributed by atoms with Crippen LogP contribution in [0.5, 0.6) is 5.75 Å². The number of carbonyl (C=O) groups is 1. The van der Waals surface area contributed by atoms with Crippen LogP contribution in [-0.2, 0) is 13.1 Å². The van der Waals surface area contributed by atoms with Crippen molar-refractivity contribution in [3.8, 4) is 5.75 Å². The van der Waals surface area contributed by atoms with Gasteiger partial charge in [-0.05, 0) is 29.8 Å². The van der Waals surface area contributed by atoms with Gasteiger partial charge in [-0.2, -0.15) is 9.97 Å². The Morgan fingerprint density at radius 3 is 2.53 bits per heavy atom. The van der Waals surface area contributed by atoms with Gasteiger partial charge < -0.3 is 29.7 Å². The number of hydrogen-bond acceptors (Lipinski definition) is 9. The lowest BCUT2D eigenvalue weighted by Crippen LogP contribution is -2.50. The lowest BCUT2D eigenvalue weighted by Gasteiger charge is -2.34. The van der Waals surface area contributed by atoms with Crippen LogP contribution in [0.15, 0.2) is 79.1 Å². The van der Waals surface area contributed by atoms with Gasteiger partial charge in [0.25, 0.3) is 5.69 Å². The molecule has 45 heavy (non-hydrogen) atoms. The summed E-state index contributed by atoms with van der Waals surface area (Å²) in [5, 5.41) is 17.2. The van der Waals surface area contributed by atoms with Crippen LogP contribution in [0, 0.1) is 15.9 Å². The van der Waals surface area contributed by atoms with Crippen LogP contribution in [0.4, 0.5) is 32.3 Å². The number of carbonyl (C=O) groups excluding carboxylic acids is 1. The topological polar surface area (TPSA) is 144 Å². The summed E-state index contributed by atoms with van der Waals surface area (Å²) in [6.07, 6.45) is 1.67. The monoisotopic (exact) mass is 611 g/mol. The molecular weight excluding hydrogens is 581 g/mol. The summed E-state index contributed by atoms with van der Waals surface area (Å²) in [5.74, 6) is 1.33. The van der Waals surface area contributed by atoms with Gasteiger partial charge in [-0.25, -0.2) is 14.2 Å². The molecule has 0 atom stereocenters. The van der Waals surface area contributed by atoms with E-state index in [0.717, 1.165) is 16.9 Å². The zero-order valence-corrected chi connectivity index (χ0v) is 24.4. The lowest BCUT2D eigenvalue weighted by atomic mass is 10.2. The van der Waals surface area contributed by atoms with Crippen LogP contribution >= 0.6 is 0 Å². The Hall–Kier alpha value is -5.79. The number of para-hydroxylation sites is 1. The van der Waals surface area contributed by atoms with E-state index < -0.39 is 10.7 Å². The number of amides is 2. The van der Waals surface area contributed by atoms with E-state index in [0.29, 0.717) is 67.9 Å². The normalized spacial score (nSPS) is 13.1. The minimum atomic E-state index is -0.430. The molecule has 1 aliphatic rings. The number of benzene rings is 3. The van der Waals surface area contributed by atoms with Crippen molar-refractivity contribution in [2.24, 2.45) is 0 Å². The Labute approximate surface area is 257 Å². The minimum absolute atomic E-state index is 0.0189. The number of nitro benzene ring substituents is 1. The maximum Gasteiger partial charge on any atom is 0.321 e. The molecule has 5 aromatic rings. The predicted molar refractivity (Wildman–Crippen MR) is 167 cm³/mol. The second kappa shape index (κ2) is 12.8. The number of nitro groups is 1. The maximum absolute atomic E-state index is 13.6. The Balaban J connectivity index is 1.25. The lowest BCUT2D eigenvalue weighted by molar-refractivity contribution is -0.384. The number of nitrogens with zero attached hydrogens (tertiary/aromatic N) is 7. The second-order valence-electron chi connectivity index (χ2n) is 10.4. The van der Waals surface area contributed by atoms with Crippen molar-refractivity contribution in [3.05, 3.63) is 106 Å². The maximum atomic E-state index is 13.6. The molecule has 0 radical (unpaired) electrons. The first-order valence-corrected chi connectivity index (χ1v) is 14.3. The summed E-state index contributed by atoms with van der Waals surface area (Å²) >= 11 is 0. The van der Waals surface area contributed by atoms with Crippen LogP contribution in [0.1, 0.15) is 11.1 Å². The van der Waals surface area contributed by atoms with Crippen LogP contribution < -0.4 is 20.3 Å². The molecule has 0 unspecified atom stereocenters. The predicted octanol–water partition coefficient (Wildman–Crippen LogP) is 4.90. The van der Waals surface area contributed by atoms with Crippen molar-refractivity contribution in [1.29, 1.82) is 0 Å². The SMILES string of the molecule is COc1ccccc1CNc1nc(N2CCN(C(=O)Nc3cccc(F)c3)CC2)nc2c1ncn2Cc1ccc([N+](=O)[O-])cc1. The van der Waals surface area contributed by atoms with Crippen LogP contribution in [0.25, 0.3) is 11.2 Å². The van der Waals surface area contributed by atoms with Crippen LogP contribution in [-0.4, -0.2) is 68.7 Å². The number of nitrogens with one attached hydrogen (secondary N) is 2. The molecule has 0 aliphatic carbocycles. The van der Waals surface area contributed by atoms with E-state index in [2.05, 4.69) is 15.6 Å². The molecule has 2 aromatic heterocycles. The minimum Gasteiger partial charge on any atom is -0.496 e. The number of imidazole rings is 1. The summed E-state index contributed by atoms with van der Waals surface area (Å²) in [6.45, 7) is 2.60. The third-order valence-electron chi connectivity index (χ3n) is 7.52. The van der Waals surface area contributed by atoms with Crippen LogP contribution in [0.2, 0.25) is 0 Å². The number of rotatable bonds is 9. The molecule has 1 aliphatic heterocycles. The van der Waals surface area contributed by atoms with Crippen molar-refractivity contribution in [2.75, 3.05) is 48.8 Å². The number of halogens is 1. The summed E-state index contributed by atoms with van der Waals surface area (Å²) in [7, 11) is 1.62. The molecule has 0 spiro atoms. The molecule has 230 valence electrons. The highest BCUT2D eigenvalue weighted by Crippen LogP contribution is 2.26. The van der Waals surface area contributed by atoms with Crippen molar-refractivity contribution in [1.82, 2.24) is 24.4 Å². The van der Waals surface area contributed by atoms with Crippen molar-refractivity contribution < 1.29 is 18.8 Å². The number of piperazine rings is 1. The molecule has 13 nitrogen and oxygen atoms in total. The average molecular weight is 612 g/mol. The molecule has 1 saturated heterocycles. The van der Waals surface area contributed by atoms with Gasteiger partial charge in [-0.15, -0.1) is 0 Å². The molecule has 3 aromatic carbocycles. The number of hydrogen-bond donors (Lipinski definition) is 2. The zero-order chi connectivity index (χ0) is 31.3. The molecule has 14 heteroatoms. The van der Waals surface area contributed by atoms with Crippen molar-refractivity contribution in [3.63, 3.8) is 0 Å². The molecule has 1 fully saturated rings. The Morgan fingerprint density at radius 2 is 1.80 bits per heavy atom. The number of non-ortho nitro benzene ring substituents is 1. The molecule has 2 N–H and O–H groups in total. The smallest absolute Gasteiger partial charge is 0.321 e. The van der Waals surface area contributed by atoms with Gasteiger partial charge in [0.05, 0.1) is 24.9 Å². The third kappa shape index (κ3) is 6.59. The summed E-state index contributed by atoms with van der Waals surface area (Å²) in [4.78, 5) is 41.5. The fourth-order valence-corrected chi connectivity index (χ4v) is 5.14. The highest BCUT2D eigenvalue weighted by Gasteiger charge is 2.25. The van der Waals surface area contributed by atoms with Gasteiger partial charge in [-0.3, -0.25) is 10.1 Å². The number of fused-ring (bicyclic) bond motifs is 1. The molecule has 3 heterocycles. The Kier molecular flexibility index (Phi) is 8.35. The first-order valence-electron chi connectivity index (χ1n) is 14.3. The number of methoxy groups -OCH3 is 1. The van der Waals surface area contributed by atoms with E-state index >= 15 is 0 Å². The van der Waals surface area contributed by atoms with Crippen molar-refractivity contribution in [2.45, 2.75) is 13.1 Å². The summed E-state index contributed by atoms with van der Waals surface area (Å²) in [5.41, 5.74) is 3.36. The largest absolute Gasteiger partial charge is 0.496 e. The van der Waals surface area contributed by atoms with Gasteiger partial charge in [0.15, 0.2) is 17.0 Å². The highest BCUT2D eigenvalue weighted by atomic mass is 19.1. The first-order chi connectivity index (χ1) is 21.9. The first kappa shape index (κ1) is 29.3. The van der Waals surface area contributed by atoms with E-state index in [4.69, 9.17) is 14.7 Å². The van der Waals surface area contributed by atoms with E-state index in [1.807, 2.05) is 33.7 Å². The van der Waals surface area contributed by atoms with Crippen molar-refractivity contribution >= 4 is 40.3 Å². The molecule has 2 amide bonds. The molecular formula is C31H30FN9O4. The summed E-state index contributed by atoms with van der Waals surface area (Å²) < 4.78 is 21.0. The summed E-state index contributed by atoms with van der Waals surface area (Å²) in [6, 6.07) is 19.5. The number of anilines is 3. The van der Waals surface area contributed by atoms with E-state index in [1.165, 1.54) is 24.3 Å². The van der Waals surface area contributed by atoms with Gasteiger partial charge in [0.2, 0.25) is 5.95 Å². The van der Waals surface area contributed by atoms with Gasteiger partial charge in [0.1, 0.15) is 11.6 Å². The highest BCUT2D eigenvalue weighted by molar-refractivity contribution is 5.89.